The maximum absolute atomic E-state index is 11.2. The van der Waals surface area contributed by atoms with Crippen molar-refractivity contribution in [3.05, 3.63) is 59.8 Å². The lowest BCUT2D eigenvalue weighted by atomic mass is 10.1. The van der Waals surface area contributed by atoms with Crippen molar-refractivity contribution in [2.45, 2.75) is 6.92 Å². The summed E-state index contributed by atoms with van der Waals surface area (Å²) in [5, 5.41) is 15.6. The van der Waals surface area contributed by atoms with Crippen molar-refractivity contribution >= 4 is 28.4 Å². The largest absolute Gasteiger partial charge is 0.395 e. The van der Waals surface area contributed by atoms with E-state index < -0.39 is 0 Å². The van der Waals surface area contributed by atoms with Gasteiger partial charge in [0.05, 0.1) is 6.61 Å². The molecule has 3 N–H and O–H groups in total. The molecular formula is C20H18N4O2. The van der Waals surface area contributed by atoms with Crippen molar-refractivity contribution in [1.82, 2.24) is 9.97 Å². The molecule has 0 spiro atoms. The monoisotopic (exact) mass is 346 g/mol. The van der Waals surface area contributed by atoms with Crippen LogP contribution in [0.3, 0.4) is 0 Å². The quantitative estimate of drug-likeness (QED) is 0.632. The average Bonchev–Trinajstić information content (AvgIpc) is 2.64. The Kier molecular flexibility index (Phi) is 5.42. The van der Waals surface area contributed by atoms with Crippen LogP contribution in [0.1, 0.15) is 18.2 Å². The highest BCUT2D eigenvalue weighted by atomic mass is 16.3. The number of hydrogen-bond donors (Lipinski definition) is 3. The fourth-order valence-electron chi connectivity index (χ4n) is 2.39. The number of anilines is 2. The second kappa shape index (κ2) is 8.10. The van der Waals surface area contributed by atoms with E-state index in [4.69, 9.17) is 5.11 Å². The van der Waals surface area contributed by atoms with Gasteiger partial charge in [0, 0.05) is 30.1 Å². The number of nitrogens with one attached hydrogen (secondary N) is 2. The lowest BCUT2D eigenvalue weighted by Crippen LogP contribution is -2.07. The van der Waals surface area contributed by atoms with Crippen LogP contribution in [0.4, 0.5) is 11.5 Å². The molecular weight excluding hydrogens is 328 g/mol. The molecule has 0 radical (unpaired) electrons. The third kappa shape index (κ3) is 4.35. The van der Waals surface area contributed by atoms with Crippen LogP contribution >= 0.6 is 0 Å². The first-order valence-electron chi connectivity index (χ1n) is 8.17. The van der Waals surface area contributed by atoms with Crippen LogP contribution in [-0.2, 0) is 4.79 Å². The molecule has 130 valence electrons. The number of amides is 1. The predicted molar refractivity (Wildman–Crippen MR) is 102 cm³/mol. The lowest BCUT2D eigenvalue weighted by molar-refractivity contribution is -0.114. The number of aliphatic hydroxyl groups is 1. The molecule has 1 aromatic carbocycles. The predicted octanol–water partition coefficient (Wildman–Crippen LogP) is 2.39. The standard InChI is InChI=1S/C20H18N4O2/c1-14(26)22-19-11-8-16-7-10-17(23-20(16)24-19)9-6-15-4-2-3-5-18(15)21-12-13-25/h2-5,7-8,10-11,21,25H,12-13H2,1H3,(H,22,23,24,26). The average molecular weight is 346 g/mol. The van der Waals surface area contributed by atoms with Gasteiger partial charge in [-0.3, -0.25) is 4.79 Å². The fourth-order valence-corrected chi connectivity index (χ4v) is 2.39. The Morgan fingerprint density at radius 2 is 1.88 bits per heavy atom. The van der Waals surface area contributed by atoms with Gasteiger partial charge in [0.1, 0.15) is 11.5 Å². The van der Waals surface area contributed by atoms with Crippen LogP contribution in [0.5, 0.6) is 0 Å². The normalized spacial score (nSPS) is 10.1. The second-order valence-corrected chi connectivity index (χ2v) is 5.57. The van der Waals surface area contributed by atoms with E-state index in [2.05, 4.69) is 32.4 Å². The van der Waals surface area contributed by atoms with Crippen LogP contribution in [0.2, 0.25) is 0 Å². The molecule has 0 fully saturated rings. The maximum Gasteiger partial charge on any atom is 0.222 e. The van der Waals surface area contributed by atoms with Gasteiger partial charge in [-0.2, -0.15) is 0 Å². The van der Waals surface area contributed by atoms with Crippen molar-refractivity contribution in [2.75, 3.05) is 23.8 Å². The third-order valence-electron chi connectivity index (χ3n) is 3.54. The number of aromatic nitrogens is 2. The van der Waals surface area contributed by atoms with E-state index in [9.17, 15) is 4.79 Å². The van der Waals surface area contributed by atoms with E-state index in [1.165, 1.54) is 6.92 Å². The summed E-state index contributed by atoms with van der Waals surface area (Å²) in [7, 11) is 0. The number of carbonyl (C=O) groups excluding carboxylic acids is 1. The Morgan fingerprint density at radius 1 is 1.08 bits per heavy atom. The maximum atomic E-state index is 11.2. The highest BCUT2D eigenvalue weighted by Gasteiger charge is 2.02. The molecule has 0 bridgehead atoms. The number of fused-ring (bicyclic) bond motifs is 1. The number of benzene rings is 1. The Bertz CT molecular complexity index is 1010. The smallest absolute Gasteiger partial charge is 0.222 e. The van der Waals surface area contributed by atoms with Gasteiger partial charge in [-0.1, -0.05) is 18.1 Å². The molecule has 0 aliphatic heterocycles. The van der Waals surface area contributed by atoms with Crippen LogP contribution in [-0.4, -0.2) is 34.1 Å². The van der Waals surface area contributed by atoms with E-state index >= 15 is 0 Å². The Hall–Kier alpha value is -3.43. The summed E-state index contributed by atoms with van der Waals surface area (Å²) in [6, 6.07) is 14.9. The van der Waals surface area contributed by atoms with Crippen molar-refractivity contribution < 1.29 is 9.90 Å². The third-order valence-corrected chi connectivity index (χ3v) is 3.54. The van der Waals surface area contributed by atoms with E-state index in [1.807, 2.05) is 42.5 Å². The molecule has 0 aliphatic carbocycles. The van der Waals surface area contributed by atoms with Crippen molar-refractivity contribution in [3.8, 4) is 11.8 Å². The molecule has 6 heteroatoms. The van der Waals surface area contributed by atoms with Crippen molar-refractivity contribution in [1.29, 1.82) is 0 Å². The summed E-state index contributed by atoms with van der Waals surface area (Å²) in [5.74, 6) is 6.41. The van der Waals surface area contributed by atoms with Gasteiger partial charge in [-0.25, -0.2) is 9.97 Å². The van der Waals surface area contributed by atoms with Crippen LogP contribution in [0.25, 0.3) is 11.0 Å². The molecule has 2 aromatic heterocycles. The van der Waals surface area contributed by atoms with Crippen LogP contribution < -0.4 is 10.6 Å². The number of carbonyl (C=O) groups is 1. The summed E-state index contributed by atoms with van der Waals surface area (Å²) in [4.78, 5) is 20.0. The highest BCUT2D eigenvalue weighted by Crippen LogP contribution is 2.15. The number of hydrogen-bond acceptors (Lipinski definition) is 5. The Balaban J connectivity index is 1.90. The van der Waals surface area contributed by atoms with E-state index in [1.54, 1.807) is 6.07 Å². The summed E-state index contributed by atoms with van der Waals surface area (Å²) < 4.78 is 0. The molecule has 0 saturated heterocycles. The number of aliphatic hydroxyl groups excluding tert-OH is 1. The van der Waals surface area contributed by atoms with Gasteiger partial charge in [-0.15, -0.1) is 0 Å². The summed E-state index contributed by atoms with van der Waals surface area (Å²) in [5.41, 5.74) is 2.79. The SMILES string of the molecule is CC(=O)Nc1ccc2ccc(C#Cc3ccccc3NCCO)nc2n1. The first kappa shape index (κ1) is 17.4. The first-order valence-corrected chi connectivity index (χ1v) is 8.17. The molecule has 3 aromatic rings. The minimum Gasteiger partial charge on any atom is -0.395 e. The molecule has 3 rings (SSSR count). The van der Waals surface area contributed by atoms with Crippen molar-refractivity contribution in [2.24, 2.45) is 0 Å². The van der Waals surface area contributed by atoms with Gasteiger partial charge in [-0.05, 0) is 42.3 Å². The second-order valence-electron chi connectivity index (χ2n) is 5.57. The number of para-hydroxylation sites is 1. The number of pyridine rings is 2. The summed E-state index contributed by atoms with van der Waals surface area (Å²) in [6.07, 6.45) is 0. The minimum atomic E-state index is -0.181. The topological polar surface area (TPSA) is 87.1 Å². The molecule has 1 amide bonds. The Morgan fingerprint density at radius 3 is 2.69 bits per heavy atom. The zero-order valence-electron chi connectivity index (χ0n) is 14.3. The number of rotatable bonds is 4. The zero-order valence-corrected chi connectivity index (χ0v) is 14.3. The van der Waals surface area contributed by atoms with Gasteiger partial charge in [0.2, 0.25) is 5.91 Å². The molecule has 0 saturated carbocycles. The van der Waals surface area contributed by atoms with E-state index in [0.29, 0.717) is 23.7 Å². The molecule has 26 heavy (non-hydrogen) atoms. The van der Waals surface area contributed by atoms with Gasteiger partial charge >= 0.3 is 0 Å². The zero-order chi connectivity index (χ0) is 18.4. The summed E-state index contributed by atoms with van der Waals surface area (Å²) >= 11 is 0. The van der Waals surface area contributed by atoms with Gasteiger partial charge in [0.25, 0.3) is 0 Å². The van der Waals surface area contributed by atoms with Crippen LogP contribution in [0.15, 0.2) is 48.5 Å². The molecule has 0 atom stereocenters. The van der Waals surface area contributed by atoms with Crippen LogP contribution in [0, 0.1) is 11.8 Å². The van der Waals surface area contributed by atoms with Crippen molar-refractivity contribution in [3.63, 3.8) is 0 Å². The fraction of sp³-hybridized carbons (Fsp3) is 0.150. The highest BCUT2D eigenvalue weighted by molar-refractivity contribution is 5.89. The molecule has 2 heterocycles. The lowest BCUT2D eigenvalue weighted by Gasteiger charge is -2.06. The minimum absolute atomic E-state index is 0.0519. The van der Waals surface area contributed by atoms with Gasteiger partial charge < -0.3 is 15.7 Å². The van der Waals surface area contributed by atoms with E-state index in [-0.39, 0.29) is 12.5 Å². The first-order chi connectivity index (χ1) is 12.7. The molecule has 0 aliphatic rings. The Labute approximate surface area is 151 Å². The molecule has 6 nitrogen and oxygen atoms in total. The van der Waals surface area contributed by atoms with Gasteiger partial charge in [0.15, 0.2) is 5.65 Å². The van der Waals surface area contributed by atoms with E-state index in [0.717, 1.165) is 16.6 Å². The molecule has 0 unspecified atom stereocenters. The summed E-state index contributed by atoms with van der Waals surface area (Å²) in [6.45, 7) is 1.95. The number of nitrogens with zero attached hydrogens (tertiary/aromatic N) is 2.